The summed E-state index contributed by atoms with van der Waals surface area (Å²) >= 11 is 0. The quantitative estimate of drug-likeness (QED) is 0.483. The third-order valence-electron chi connectivity index (χ3n) is 1.12. The highest BCUT2D eigenvalue weighted by molar-refractivity contribution is 5.73. The lowest BCUT2D eigenvalue weighted by atomic mass is 10.1. The molecule has 5 N–H and O–H groups in total. The molecule has 0 radical (unpaired) electrons. The smallest absolute Gasteiger partial charge is 0.323 e. The number of aliphatic carboxylic acids is 1. The molecule has 0 amide bonds. The monoisotopic (exact) mass is 150 g/mol. The maximum Gasteiger partial charge on any atom is 0.323 e. The number of carboxylic acids is 1. The molecule has 0 saturated heterocycles. The molecule has 0 heterocycles. The average Bonchev–Trinajstić information content (AvgIpc) is 1.87. The van der Waals surface area contributed by atoms with Gasteiger partial charge in [0.2, 0.25) is 0 Å². The van der Waals surface area contributed by atoms with E-state index in [0.29, 0.717) is 0 Å². The van der Waals surface area contributed by atoms with Gasteiger partial charge in [-0.05, 0) is 13.0 Å². The van der Waals surface area contributed by atoms with Crippen LogP contribution in [-0.2, 0) is 4.79 Å². The molecule has 0 aliphatic carbocycles. The van der Waals surface area contributed by atoms with Crippen molar-refractivity contribution in [1.82, 2.24) is 0 Å². The summed E-state index contributed by atoms with van der Waals surface area (Å²) < 4.78 is 12.5. The highest BCUT2D eigenvalue weighted by Crippen LogP contribution is 2.00. The van der Waals surface area contributed by atoms with E-state index >= 15 is 0 Å². The minimum Gasteiger partial charge on any atom is -0.480 e. The number of hydrogen-bond donors (Lipinski definition) is 3. The number of rotatable bonds is 4. The fourth-order valence-electron chi connectivity index (χ4n) is 0.493. The lowest BCUT2D eigenvalue weighted by Gasteiger charge is -2.09. The van der Waals surface area contributed by atoms with Crippen LogP contribution in [0, 0.1) is 0 Å². The van der Waals surface area contributed by atoms with Crippen LogP contribution in [0.1, 0.15) is 6.42 Å². The number of hydrogen-bond acceptors (Lipinski definition) is 3. The van der Waals surface area contributed by atoms with E-state index in [2.05, 4.69) is 0 Å². The van der Waals surface area contributed by atoms with Crippen LogP contribution in [0.2, 0.25) is 0 Å². The minimum absolute atomic E-state index is 0.00648. The fourth-order valence-corrected chi connectivity index (χ4v) is 0.493. The van der Waals surface area contributed by atoms with E-state index < -0.39 is 18.2 Å². The molecule has 0 saturated carbocycles. The Balaban J connectivity index is 3.69. The summed E-state index contributed by atoms with van der Waals surface area (Å²) in [6, 6.07) is -1.44. The topological polar surface area (TPSA) is 89.3 Å². The number of carbonyl (C=O) groups is 1. The van der Waals surface area contributed by atoms with Crippen LogP contribution in [0.25, 0.3) is 0 Å². The standard InChI is InChI=1S/C5H11FN2O2/c6-3(1-2-7)4(8)5(9)10/h3-4H,1-2,7-8H2,(H,9,10)/t3-,4-/m1/s1. The highest BCUT2D eigenvalue weighted by atomic mass is 19.1. The van der Waals surface area contributed by atoms with Crippen molar-refractivity contribution in [2.75, 3.05) is 6.54 Å². The maximum atomic E-state index is 12.5. The predicted molar refractivity (Wildman–Crippen MR) is 34.2 cm³/mol. The molecule has 0 aromatic heterocycles. The first-order valence-electron chi connectivity index (χ1n) is 2.92. The Kier molecular flexibility index (Phi) is 3.90. The zero-order valence-electron chi connectivity index (χ0n) is 5.46. The SMILES string of the molecule is NCC[C@@H](F)[C@@H](N)C(=O)O. The van der Waals surface area contributed by atoms with Crippen LogP contribution < -0.4 is 11.5 Å². The van der Waals surface area contributed by atoms with Gasteiger partial charge in [-0.2, -0.15) is 0 Å². The third kappa shape index (κ3) is 2.75. The predicted octanol–water partition coefficient (Wildman–Crippen LogP) is -0.915. The van der Waals surface area contributed by atoms with Gasteiger partial charge >= 0.3 is 5.97 Å². The van der Waals surface area contributed by atoms with Crippen LogP contribution in [-0.4, -0.2) is 29.8 Å². The van der Waals surface area contributed by atoms with Crippen molar-refractivity contribution in [3.05, 3.63) is 0 Å². The van der Waals surface area contributed by atoms with Crippen molar-refractivity contribution in [1.29, 1.82) is 0 Å². The van der Waals surface area contributed by atoms with Gasteiger partial charge in [0.25, 0.3) is 0 Å². The second kappa shape index (κ2) is 4.19. The first kappa shape index (κ1) is 9.32. The zero-order chi connectivity index (χ0) is 8.15. The molecule has 4 nitrogen and oxygen atoms in total. The van der Waals surface area contributed by atoms with Crippen molar-refractivity contribution in [3.8, 4) is 0 Å². The minimum atomic E-state index is -1.54. The van der Waals surface area contributed by atoms with Crippen LogP contribution in [0.3, 0.4) is 0 Å². The van der Waals surface area contributed by atoms with Crippen molar-refractivity contribution >= 4 is 5.97 Å². The van der Waals surface area contributed by atoms with E-state index in [1.54, 1.807) is 0 Å². The van der Waals surface area contributed by atoms with Crippen molar-refractivity contribution in [2.45, 2.75) is 18.6 Å². The van der Waals surface area contributed by atoms with Gasteiger partial charge < -0.3 is 16.6 Å². The summed E-state index contributed by atoms with van der Waals surface area (Å²) in [4.78, 5) is 10.0. The lowest BCUT2D eigenvalue weighted by Crippen LogP contribution is -2.40. The normalized spacial score (nSPS) is 16.3. The Hall–Kier alpha value is -0.680. The fraction of sp³-hybridized carbons (Fsp3) is 0.800. The first-order valence-corrected chi connectivity index (χ1v) is 2.92. The van der Waals surface area contributed by atoms with E-state index in [-0.39, 0.29) is 13.0 Å². The summed E-state index contributed by atoms with van der Waals surface area (Å²) in [6.45, 7) is 0.113. The molecule has 0 unspecified atom stereocenters. The molecule has 0 spiro atoms. The maximum absolute atomic E-state index is 12.5. The van der Waals surface area contributed by atoms with Gasteiger partial charge in [0, 0.05) is 0 Å². The molecule has 5 heteroatoms. The summed E-state index contributed by atoms with van der Waals surface area (Å²) in [6.07, 6.45) is -1.55. The second-order valence-electron chi connectivity index (χ2n) is 1.96. The molecule has 0 aromatic carbocycles. The van der Waals surface area contributed by atoms with Gasteiger partial charge in [-0.1, -0.05) is 0 Å². The van der Waals surface area contributed by atoms with Crippen LogP contribution in [0.15, 0.2) is 0 Å². The summed E-state index contributed by atoms with van der Waals surface area (Å²) in [7, 11) is 0. The molecule has 2 atom stereocenters. The van der Waals surface area contributed by atoms with E-state index in [1.165, 1.54) is 0 Å². The van der Waals surface area contributed by atoms with Crippen LogP contribution in [0.5, 0.6) is 0 Å². The van der Waals surface area contributed by atoms with Gasteiger partial charge in [-0.15, -0.1) is 0 Å². The summed E-state index contributed by atoms with van der Waals surface area (Å²) in [5.74, 6) is -1.33. The Labute approximate surface area is 58.0 Å². The molecule has 0 aromatic rings. The Morgan fingerprint density at radius 3 is 2.50 bits per heavy atom. The van der Waals surface area contributed by atoms with E-state index in [9.17, 15) is 9.18 Å². The van der Waals surface area contributed by atoms with Gasteiger partial charge in [-0.3, -0.25) is 4.79 Å². The van der Waals surface area contributed by atoms with E-state index in [0.717, 1.165) is 0 Å². The molecule has 10 heavy (non-hydrogen) atoms. The van der Waals surface area contributed by atoms with Crippen molar-refractivity contribution in [2.24, 2.45) is 11.5 Å². The molecule has 0 rings (SSSR count). The van der Waals surface area contributed by atoms with Crippen molar-refractivity contribution < 1.29 is 14.3 Å². The number of carboxylic acid groups (broad SMARTS) is 1. The number of halogens is 1. The largest absolute Gasteiger partial charge is 0.480 e. The van der Waals surface area contributed by atoms with Gasteiger partial charge in [0.1, 0.15) is 12.2 Å². The van der Waals surface area contributed by atoms with Crippen molar-refractivity contribution in [3.63, 3.8) is 0 Å². The molecular formula is C5H11FN2O2. The lowest BCUT2D eigenvalue weighted by molar-refractivity contribution is -0.140. The number of nitrogens with two attached hydrogens (primary N) is 2. The zero-order valence-corrected chi connectivity index (χ0v) is 5.46. The first-order chi connectivity index (χ1) is 4.59. The van der Waals surface area contributed by atoms with Gasteiger partial charge in [0.05, 0.1) is 0 Å². The summed E-state index contributed by atoms with van der Waals surface area (Å²) in [5, 5.41) is 8.17. The molecule has 0 bridgehead atoms. The van der Waals surface area contributed by atoms with Crippen LogP contribution >= 0.6 is 0 Å². The summed E-state index contributed by atoms with van der Waals surface area (Å²) in [5.41, 5.74) is 9.89. The molecule has 0 fully saturated rings. The average molecular weight is 150 g/mol. The third-order valence-corrected chi connectivity index (χ3v) is 1.12. The molecular weight excluding hydrogens is 139 g/mol. The van der Waals surface area contributed by atoms with E-state index in [1.807, 2.05) is 0 Å². The number of alkyl halides is 1. The second-order valence-corrected chi connectivity index (χ2v) is 1.96. The van der Waals surface area contributed by atoms with Crippen LogP contribution in [0.4, 0.5) is 4.39 Å². The highest BCUT2D eigenvalue weighted by Gasteiger charge is 2.22. The Morgan fingerprint density at radius 2 is 2.20 bits per heavy atom. The molecule has 0 aliphatic rings. The Bertz CT molecular complexity index is 120. The van der Waals surface area contributed by atoms with Gasteiger partial charge in [0.15, 0.2) is 0 Å². The molecule has 0 aliphatic heterocycles. The van der Waals surface area contributed by atoms with Gasteiger partial charge in [-0.25, -0.2) is 4.39 Å². The Morgan fingerprint density at radius 1 is 1.70 bits per heavy atom. The molecule has 60 valence electrons. The van der Waals surface area contributed by atoms with E-state index in [4.69, 9.17) is 16.6 Å².